The highest BCUT2D eigenvalue weighted by molar-refractivity contribution is 6.30. The molecule has 0 saturated carbocycles. The van der Waals surface area contributed by atoms with Crippen LogP contribution in [0.25, 0.3) is 11.4 Å². The Hall–Kier alpha value is -1.71. The molecule has 27 heavy (non-hydrogen) atoms. The number of rotatable bonds is 3. The molecule has 1 aliphatic heterocycles. The van der Waals surface area contributed by atoms with Crippen molar-refractivity contribution in [3.05, 3.63) is 57.9 Å². The van der Waals surface area contributed by atoms with E-state index >= 15 is 0 Å². The van der Waals surface area contributed by atoms with Crippen LogP contribution in [-0.4, -0.2) is 28.0 Å². The first-order chi connectivity index (χ1) is 12.9. The summed E-state index contributed by atoms with van der Waals surface area (Å²) in [6.07, 6.45) is 6.90. The van der Waals surface area contributed by atoms with Gasteiger partial charge in [0.15, 0.2) is 5.82 Å². The second-order valence-electron chi connectivity index (χ2n) is 8.63. The van der Waals surface area contributed by atoms with E-state index in [0.29, 0.717) is 5.41 Å². The Kier molecular flexibility index (Phi) is 5.09. The van der Waals surface area contributed by atoms with E-state index in [-0.39, 0.29) is 0 Å². The van der Waals surface area contributed by atoms with E-state index in [1.807, 2.05) is 30.5 Å². The van der Waals surface area contributed by atoms with Crippen molar-refractivity contribution in [2.45, 2.75) is 53.0 Å². The number of fused-ring (bicyclic) bond motifs is 1. The zero-order valence-electron chi connectivity index (χ0n) is 16.6. The summed E-state index contributed by atoms with van der Waals surface area (Å²) in [6.45, 7) is 10.2. The van der Waals surface area contributed by atoms with Gasteiger partial charge < -0.3 is 0 Å². The van der Waals surface area contributed by atoms with Crippen LogP contribution in [0.2, 0.25) is 5.02 Å². The maximum Gasteiger partial charge on any atom is 0.159 e. The van der Waals surface area contributed by atoms with Crippen molar-refractivity contribution in [2.75, 3.05) is 13.1 Å². The van der Waals surface area contributed by atoms with Gasteiger partial charge in [0.2, 0.25) is 0 Å². The molecule has 1 aromatic carbocycles. The van der Waals surface area contributed by atoms with Gasteiger partial charge in [-0.25, -0.2) is 9.97 Å². The Morgan fingerprint density at radius 3 is 2.67 bits per heavy atom. The maximum absolute atomic E-state index is 5.99. The molecular formula is C23H28ClN3. The van der Waals surface area contributed by atoms with E-state index in [4.69, 9.17) is 16.6 Å². The molecule has 2 aliphatic rings. The smallest absolute Gasteiger partial charge is 0.159 e. The predicted octanol–water partition coefficient (Wildman–Crippen LogP) is 5.68. The number of hydrogen-bond acceptors (Lipinski definition) is 3. The van der Waals surface area contributed by atoms with Crippen molar-refractivity contribution in [1.82, 2.24) is 14.9 Å². The second-order valence-corrected chi connectivity index (χ2v) is 9.07. The van der Waals surface area contributed by atoms with Gasteiger partial charge in [-0.05, 0) is 55.9 Å². The van der Waals surface area contributed by atoms with Crippen LogP contribution in [0.15, 0.2) is 41.6 Å². The Morgan fingerprint density at radius 2 is 1.93 bits per heavy atom. The predicted molar refractivity (Wildman–Crippen MR) is 112 cm³/mol. The minimum Gasteiger partial charge on any atom is -0.295 e. The van der Waals surface area contributed by atoms with Crippen molar-refractivity contribution >= 4 is 11.6 Å². The lowest BCUT2D eigenvalue weighted by atomic mass is 9.72. The van der Waals surface area contributed by atoms with Gasteiger partial charge in [0.1, 0.15) is 0 Å². The quantitative estimate of drug-likeness (QED) is 0.640. The lowest BCUT2D eigenvalue weighted by molar-refractivity contribution is 0.239. The van der Waals surface area contributed by atoms with Gasteiger partial charge in [0.25, 0.3) is 0 Å². The van der Waals surface area contributed by atoms with Gasteiger partial charge in [0, 0.05) is 48.4 Å². The van der Waals surface area contributed by atoms with Gasteiger partial charge in [0.05, 0.1) is 5.69 Å². The summed E-state index contributed by atoms with van der Waals surface area (Å²) in [6, 6.07) is 7.76. The molecule has 2 heterocycles. The van der Waals surface area contributed by atoms with E-state index in [9.17, 15) is 0 Å². The standard InChI is InChI=1S/C23H28ClN3/c1-16-5-4-11-23(2,3)20(16)15-27-12-10-21-18(14-27)13-25-22(26-21)17-6-8-19(24)9-7-17/h6-9,13H,4-5,10-12,14-15H2,1-3H3. The summed E-state index contributed by atoms with van der Waals surface area (Å²) in [7, 11) is 0. The molecule has 1 aromatic heterocycles. The van der Waals surface area contributed by atoms with Crippen LogP contribution in [-0.2, 0) is 13.0 Å². The normalized spacial score (nSPS) is 19.9. The minimum absolute atomic E-state index is 0.331. The van der Waals surface area contributed by atoms with E-state index in [0.717, 1.165) is 42.5 Å². The van der Waals surface area contributed by atoms with Crippen LogP contribution < -0.4 is 0 Å². The third-order valence-electron chi connectivity index (χ3n) is 6.18. The molecule has 0 amide bonds. The molecule has 0 radical (unpaired) electrons. The largest absolute Gasteiger partial charge is 0.295 e. The van der Waals surface area contributed by atoms with Crippen LogP contribution in [0.3, 0.4) is 0 Å². The molecule has 0 spiro atoms. The molecule has 0 fully saturated rings. The zero-order chi connectivity index (χ0) is 19.0. The van der Waals surface area contributed by atoms with E-state index in [1.165, 1.54) is 30.5 Å². The first-order valence-corrected chi connectivity index (χ1v) is 10.3. The Balaban J connectivity index is 1.51. The van der Waals surface area contributed by atoms with E-state index in [1.54, 1.807) is 11.1 Å². The Labute approximate surface area is 167 Å². The van der Waals surface area contributed by atoms with Crippen LogP contribution in [0, 0.1) is 5.41 Å². The molecule has 0 N–H and O–H groups in total. The van der Waals surface area contributed by atoms with Crippen molar-refractivity contribution < 1.29 is 0 Å². The molecule has 4 heteroatoms. The van der Waals surface area contributed by atoms with E-state index < -0.39 is 0 Å². The molecule has 4 rings (SSSR count). The average Bonchev–Trinajstić information content (AvgIpc) is 2.65. The van der Waals surface area contributed by atoms with Gasteiger partial charge >= 0.3 is 0 Å². The van der Waals surface area contributed by atoms with Crippen molar-refractivity contribution in [3.8, 4) is 11.4 Å². The van der Waals surface area contributed by atoms with Crippen LogP contribution in [0.4, 0.5) is 0 Å². The average molecular weight is 382 g/mol. The lowest BCUT2D eigenvalue weighted by Crippen LogP contribution is -2.36. The molecule has 2 aromatic rings. The van der Waals surface area contributed by atoms with Crippen LogP contribution in [0.5, 0.6) is 0 Å². The Bertz CT molecular complexity index is 868. The monoisotopic (exact) mass is 381 g/mol. The zero-order valence-corrected chi connectivity index (χ0v) is 17.3. The number of halogens is 1. The fourth-order valence-electron chi connectivity index (χ4n) is 4.50. The number of benzene rings is 1. The summed E-state index contributed by atoms with van der Waals surface area (Å²) >= 11 is 5.99. The first-order valence-electron chi connectivity index (χ1n) is 9.94. The van der Waals surface area contributed by atoms with Crippen LogP contribution >= 0.6 is 11.6 Å². The molecule has 0 unspecified atom stereocenters. The molecule has 142 valence electrons. The van der Waals surface area contributed by atoms with Crippen molar-refractivity contribution in [1.29, 1.82) is 0 Å². The van der Waals surface area contributed by atoms with Crippen molar-refractivity contribution in [3.63, 3.8) is 0 Å². The lowest BCUT2D eigenvalue weighted by Gasteiger charge is -2.38. The number of hydrogen-bond donors (Lipinski definition) is 0. The number of aromatic nitrogens is 2. The topological polar surface area (TPSA) is 29.0 Å². The highest BCUT2D eigenvalue weighted by atomic mass is 35.5. The molecule has 0 atom stereocenters. The minimum atomic E-state index is 0.331. The van der Waals surface area contributed by atoms with Gasteiger partial charge in [-0.3, -0.25) is 4.90 Å². The molecule has 0 saturated heterocycles. The molecular weight excluding hydrogens is 354 g/mol. The van der Waals surface area contributed by atoms with Crippen LogP contribution in [0.1, 0.15) is 51.3 Å². The first kappa shape index (κ1) is 18.6. The second kappa shape index (κ2) is 7.37. The summed E-state index contributed by atoms with van der Waals surface area (Å²) in [5.74, 6) is 0.797. The number of nitrogens with zero attached hydrogens (tertiary/aromatic N) is 3. The highest BCUT2D eigenvalue weighted by Gasteiger charge is 2.30. The highest BCUT2D eigenvalue weighted by Crippen LogP contribution is 2.40. The SMILES string of the molecule is CC1=C(CN2CCc3nc(-c4ccc(Cl)cc4)ncc3C2)C(C)(C)CCC1. The van der Waals surface area contributed by atoms with Gasteiger partial charge in [-0.1, -0.05) is 36.6 Å². The fourth-order valence-corrected chi connectivity index (χ4v) is 4.62. The summed E-state index contributed by atoms with van der Waals surface area (Å²) < 4.78 is 0. The summed E-state index contributed by atoms with van der Waals surface area (Å²) in [5.41, 5.74) is 7.07. The Morgan fingerprint density at radius 1 is 1.15 bits per heavy atom. The molecule has 1 aliphatic carbocycles. The summed E-state index contributed by atoms with van der Waals surface area (Å²) in [5, 5.41) is 0.739. The third kappa shape index (κ3) is 3.95. The van der Waals surface area contributed by atoms with Gasteiger partial charge in [-0.2, -0.15) is 0 Å². The van der Waals surface area contributed by atoms with Crippen molar-refractivity contribution in [2.24, 2.45) is 5.41 Å². The van der Waals surface area contributed by atoms with E-state index in [2.05, 4.69) is 30.7 Å². The third-order valence-corrected chi connectivity index (χ3v) is 6.43. The number of allylic oxidation sites excluding steroid dienone is 1. The molecule has 3 nitrogen and oxygen atoms in total. The maximum atomic E-state index is 5.99. The fraction of sp³-hybridized carbons (Fsp3) is 0.478. The van der Waals surface area contributed by atoms with Gasteiger partial charge in [-0.15, -0.1) is 0 Å². The molecule has 0 bridgehead atoms. The summed E-state index contributed by atoms with van der Waals surface area (Å²) in [4.78, 5) is 12.0.